The quantitative estimate of drug-likeness (QED) is 0.0910. The minimum Gasteiger partial charge on any atom is -0.442 e. The zero-order valence-electron chi connectivity index (χ0n) is 33.3. The van der Waals surface area contributed by atoms with Crippen LogP contribution in [0.4, 0.5) is 16.2 Å². The third-order valence-electron chi connectivity index (χ3n) is 11.0. The second kappa shape index (κ2) is 19.9. The lowest BCUT2D eigenvalue weighted by Crippen LogP contribution is -2.31. The van der Waals surface area contributed by atoms with Crippen LogP contribution in [-0.2, 0) is 29.8 Å². The maximum absolute atomic E-state index is 12.5. The van der Waals surface area contributed by atoms with Crippen LogP contribution in [0.25, 0.3) is 0 Å². The first-order valence-corrected chi connectivity index (χ1v) is 20.1. The third kappa shape index (κ3) is 10.7. The summed E-state index contributed by atoms with van der Waals surface area (Å²) in [5.41, 5.74) is 7.67. The van der Waals surface area contributed by atoms with Gasteiger partial charge in [0.1, 0.15) is 13.2 Å². The molecule has 54 heavy (non-hydrogen) atoms. The predicted molar refractivity (Wildman–Crippen MR) is 218 cm³/mol. The van der Waals surface area contributed by atoms with Crippen molar-refractivity contribution in [2.45, 2.75) is 102 Å². The fraction of sp³-hybridized carbons (Fsp3) is 0.533. The Morgan fingerprint density at radius 1 is 0.852 bits per heavy atom. The molecule has 0 aromatic heterocycles. The highest BCUT2D eigenvalue weighted by Crippen LogP contribution is 2.48. The van der Waals surface area contributed by atoms with Gasteiger partial charge in [-0.15, -0.1) is 0 Å². The van der Waals surface area contributed by atoms with Crippen LogP contribution >= 0.6 is 0 Å². The van der Waals surface area contributed by atoms with Gasteiger partial charge in [0.2, 0.25) is 11.6 Å². The van der Waals surface area contributed by atoms with E-state index in [9.17, 15) is 9.59 Å². The van der Waals surface area contributed by atoms with Crippen molar-refractivity contribution < 1.29 is 28.4 Å². The van der Waals surface area contributed by atoms with Crippen molar-refractivity contribution in [1.29, 1.82) is 0 Å². The van der Waals surface area contributed by atoms with Crippen LogP contribution in [0.2, 0.25) is 0 Å². The Morgan fingerprint density at radius 3 is 2.35 bits per heavy atom. The number of anilines is 1. The van der Waals surface area contributed by atoms with Crippen molar-refractivity contribution in [2.75, 3.05) is 58.0 Å². The van der Waals surface area contributed by atoms with Crippen LogP contribution in [0, 0.1) is 0 Å². The van der Waals surface area contributed by atoms with Gasteiger partial charge in [0.15, 0.2) is 5.71 Å². The Kier molecular flexibility index (Phi) is 15.1. The molecule has 1 atom stereocenters. The Hall–Kier alpha value is -4.21. The first-order chi connectivity index (χ1) is 26.1. The number of unbranched alkanes of at least 4 members (excludes halogenated alkanes) is 2. The summed E-state index contributed by atoms with van der Waals surface area (Å²) < 4.78 is 18.9. The van der Waals surface area contributed by atoms with E-state index >= 15 is 0 Å². The zero-order chi connectivity index (χ0) is 38.4. The molecule has 0 bridgehead atoms. The maximum atomic E-state index is 12.5. The highest BCUT2D eigenvalue weighted by molar-refractivity contribution is 6.03. The molecule has 5 rings (SSSR count). The minimum absolute atomic E-state index is 0.0561. The second-order valence-corrected chi connectivity index (χ2v) is 15.6. The Bertz CT molecular complexity index is 1690. The Balaban J connectivity index is 0.961. The summed E-state index contributed by atoms with van der Waals surface area (Å²) in [6.45, 7) is 12.7. The zero-order valence-corrected chi connectivity index (χ0v) is 33.3. The molecular weight excluding hydrogens is 677 g/mol. The molecule has 2 aromatic rings. The highest BCUT2D eigenvalue weighted by atomic mass is 16.6. The number of para-hydroxylation sites is 2. The lowest BCUT2D eigenvalue weighted by molar-refractivity contribution is -0.401. The first-order valence-electron chi connectivity index (χ1n) is 20.1. The topological polar surface area (TPSA) is 92.1 Å². The maximum Gasteiger partial charge on any atom is 0.407 e. The number of carbonyl (C=O) groups excluding carboxylic acids is 2. The molecule has 292 valence electrons. The van der Waals surface area contributed by atoms with Crippen molar-refractivity contribution in [3.05, 3.63) is 95.7 Å². The van der Waals surface area contributed by atoms with Gasteiger partial charge < -0.3 is 29.7 Å². The lowest BCUT2D eigenvalue weighted by Gasteiger charge is -2.27. The van der Waals surface area contributed by atoms with E-state index in [1.165, 1.54) is 46.8 Å². The van der Waals surface area contributed by atoms with Crippen LogP contribution in [0.15, 0.2) is 84.6 Å². The van der Waals surface area contributed by atoms with Crippen molar-refractivity contribution >= 4 is 29.1 Å². The normalized spacial score (nSPS) is 19.5. The smallest absolute Gasteiger partial charge is 0.407 e. The summed E-state index contributed by atoms with van der Waals surface area (Å²) >= 11 is 0. The number of allylic oxidation sites excluding steroid dienone is 5. The Labute approximate surface area is 323 Å². The molecule has 0 saturated carbocycles. The third-order valence-corrected chi connectivity index (χ3v) is 11.0. The summed E-state index contributed by atoms with van der Waals surface area (Å²) in [4.78, 5) is 27.0. The average molecular weight is 740 g/mol. The summed E-state index contributed by atoms with van der Waals surface area (Å²) in [6.07, 6.45) is 19.1. The van der Waals surface area contributed by atoms with E-state index in [0.717, 1.165) is 45.1 Å². The molecule has 2 heterocycles. The number of carbonyl (C=O) groups is 2. The summed E-state index contributed by atoms with van der Waals surface area (Å²) in [5, 5.41) is 5.71. The molecule has 2 amide bonds. The predicted octanol–water partition coefficient (Wildman–Crippen LogP) is 8.26. The van der Waals surface area contributed by atoms with Gasteiger partial charge in [-0.05, 0) is 76.2 Å². The lowest BCUT2D eigenvalue weighted by atomic mass is 9.81. The van der Waals surface area contributed by atoms with Crippen LogP contribution in [0.5, 0.6) is 0 Å². The number of fused-ring (bicyclic) bond motifs is 2. The van der Waals surface area contributed by atoms with E-state index in [-0.39, 0.29) is 22.8 Å². The minimum atomic E-state index is -0.407. The van der Waals surface area contributed by atoms with Crippen molar-refractivity contribution in [1.82, 2.24) is 10.6 Å². The van der Waals surface area contributed by atoms with E-state index < -0.39 is 6.09 Å². The second-order valence-electron chi connectivity index (χ2n) is 15.6. The number of benzene rings is 2. The van der Waals surface area contributed by atoms with E-state index in [1.54, 1.807) is 0 Å². The van der Waals surface area contributed by atoms with Crippen LogP contribution in [0.1, 0.15) is 96.6 Å². The first kappa shape index (κ1) is 41.0. The number of alkyl carbamates (subject to hydrolysis) is 1. The van der Waals surface area contributed by atoms with Gasteiger partial charge in [0.05, 0.1) is 31.8 Å². The van der Waals surface area contributed by atoms with Gasteiger partial charge in [0.25, 0.3) is 0 Å². The number of nitrogens with zero attached hydrogens (tertiary/aromatic N) is 2. The largest absolute Gasteiger partial charge is 0.442 e. The van der Waals surface area contributed by atoms with E-state index in [4.69, 9.17) is 14.2 Å². The SMILES string of the molecule is C[N+]1=C(C=CC=C2N(CCCCCC(=O)NCCOCCOCCNC(=O)OC3C=CCCCCC3)c3ccccc3C2(C)C)C(C)(C)c2ccccc21. The molecule has 1 unspecified atom stereocenters. The van der Waals surface area contributed by atoms with Crippen LogP contribution in [0.3, 0.4) is 0 Å². The van der Waals surface area contributed by atoms with Gasteiger partial charge >= 0.3 is 6.09 Å². The van der Waals surface area contributed by atoms with Gasteiger partial charge in [-0.2, -0.15) is 4.58 Å². The number of nitrogens with one attached hydrogen (secondary N) is 2. The summed E-state index contributed by atoms with van der Waals surface area (Å²) in [5.74, 6) is 0.0561. The molecule has 0 spiro atoms. The van der Waals surface area contributed by atoms with Crippen molar-refractivity contribution in [3.8, 4) is 0 Å². The van der Waals surface area contributed by atoms with E-state index in [0.29, 0.717) is 45.9 Å². The molecular formula is C45H63N4O5+. The molecule has 3 aliphatic rings. The number of amides is 2. The fourth-order valence-electron chi connectivity index (χ4n) is 7.95. The molecule has 9 heteroatoms. The molecule has 0 fully saturated rings. The standard InChI is InChI=1S/C45H62N4O5/c1-44(2)36-21-13-15-23-38(36)48(5)40(44)25-18-26-41-45(3,4)37-22-14-16-24-39(37)49(41)30-17-9-12-27-42(50)46-28-31-52-33-34-53-32-29-47-43(51)54-35-19-10-7-6-8-11-20-35/h10,13-16,18-19,21-26,35H,6-9,11-12,17,20,27-34H2,1-5H3,(H-,46,47,50,51)/p+1. The van der Waals surface area contributed by atoms with Crippen molar-refractivity contribution in [2.24, 2.45) is 0 Å². The molecule has 0 radical (unpaired) electrons. The number of rotatable bonds is 18. The van der Waals surface area contributed by atoms with Crippen molar-refractivity contribution in [3.63, 3.8) is 0 Å². The van der Waals surface area contributed by atoms with Gasteiger partial charge in [-0.25, -0.2) is 4.79 Å². The van der Waals surface area contributed by atoms with E-state index in [2.05, 4.69) is 128 Å². The fourth-order valence-corrected chi connectivity index (χ4v) is 7.95. The van der Waals surface area contributed by atoms with Crippen LogP contribution in [-0.4, -0.2) is 81.5 Å². The van der Waals surface area contributed by atoms with Gasteiger partial charge in [-0.1, -0.05) is 75.2 Å². The number of hydrogen-bond donors (Lipinski definition) is 2. The van der Waals surface area contributed by atoms with Gasteiger partial charge in [0, 0.05) is 60.6 Å². The Morgan fingerprint density at radius 2 is 1.57 bits per heavy atom. The summed E-state index contributed by atoms with van der Waals surface area (Å²) in [7, 11) is 2.16. The van der Waals surface area contributed by atoms with Crippen LogP contribution < -0.4 is 15.5 Å². The molecule has 1 aliphatic carbocycles. The summed E-state index contributed by atoms with van der Waals surface area (Å²) in [6, 6.07) is 17.4. The molecule has 0 saturated heterocycles. The molecule has 2 aliphatic heterocycles. The monoisotopic (exact) mass is 739 g/mol. The highest BCUT2D eigenvalue weighted by Gasteiger charge is 2.43. The van der Waals surface area contributed by atoms with E-state index in [1.807, 2.05) is 6.08 Å². The molecule has 2 N–H and O–H groups in total. The average Bonchev–Trinajstić information content (AvgIpc) is 3.47. The number of hydrogen-bond acceptors (Lipinski definition) is 6. The van der Waals surface area contributed by atoms with Gasteiger partial charge in [-0.3, -0.25) is 4.79 Å². The molecule has 2 aromatic carbocycles. The molecule has 9 nitrogen and oxygen atoms in total. The number of ether oxygens (including phenoxy) is 3.